The highest BCUT2D eigenvalue weighted by Crippen LogP contribution is 2.49. The van der Waals surface area contributed by atoms with Gasteiger partial charge in [-0.15, -0.1) is 0 Å². The Morgan fingerprint density at radius 1 is 0.971 bits per heavy atom. The van der Waals surface area contributed by atoms with Crippen LogP contribution in [0, 0.1) is 0 Å². The topological polar surface area (TPSA) is 89.4 Å². The molecule has 1 aliphatic carbocycles. The Morgan fingerprint density at radius 3 is 2.56 bits per heavy atom. The van der Waals surface area contributed by atoms with Crippen LogP contribution in [0.3, 0.4) is 0 Å². The molecule has 1 heterocycles. The molecule has 7 nitrogen and oxygen atoms in total. The fourth-order valence-electron chi connectivity index (χ4n) is 5.09. The summed E-state index contributed by atoms with van der Waals surface area (Å²) in [7, 11) is 5.04. The second kappa shape index (κ2) is 9.08. The minimum Gasteiger partial charge on any atom is -0.508 e. The molecular formula is C27H29NO6. The Bertz CT molecular complexity index is 1220. The molecule has 0 amide bonds. The Hall–Kier alpha value is -3.42. The highest BCUT2D eigenvalue weighted by atomic mass is 16.6. The van der Waals surface area contributed by atoms with Crippen LogP contribution in [-0.2, 0) is 24.0 Å². The summed E-state index contributed by atoms with van der Waals surface area (Å²) >= 11 is 0. The first-order chi connectivity index (χ1) is 16.5. The minimum atomic E-state index is -0.383. The molecule has 5 rings (SSSR count). The molecule has 3 aromatic carbocycles. The summed E-state index contributed by atoms with van der Waals surface area (Å²) in [5.74, 6) is 2.27. The van der Waals surface area contributed by atoms with E-state index in [4.69, 9.17) is 18.9 Å². The van der Waals surface area contributed by atoms with Gasteiger partial charge in [-0.1, -0.05) is 12.1 Å². The predicted molar refractivity (Wildman–Crippen MR) is 128 cm³/mol. The van der Waals surface area contributed by atoms with Gasteiger partial charge in [-0.2, -0.15) is 0 Å². The first-order valence-corrected chi connectivity index (χ1v) is 11.4. The summed E-state index contributed by atoms with van der Waals surface area (Å²) in [4.78, 5) is 0. The van der Waals surface area contributed by atoms with Gasteiger partial charge in [0.2, 0.25) is 0 Å². The van der Waals surface area contributed by atoms with Gasteiger partial charge in [-0.25, -0.2) is 0 Å². The van der Waals surface area contributed by atoms with Crippen LogP contribution < -0.4 is 19.5 Å². The molecule has 3 aromatic rings. The van der Waals surface area contributed by atoms with Gasteiger partial charge in [0, 0.05) is 23.6 Å². The van der Waals surface area contributed by atoms with E-state index < -0.39 is 0 Å². The smallest absolute Gasteiger partial charge is 0.160 e. The van der Waals surface area contributed by atoms with Crippen LogP contribution in [0.1, 0.15) is 28.4 Å². The third kappa shape index (κ3) is 3.81. The van der Waals surface area contributed by atoms with Crippen LogP contribution in [0.2, 0.25) is 0 Å². The summed E-state index contributed by atoms with van der Waals surface area (Å²) in [6.07, 6.45) is 1.70. The van der Waals surface area contributed by atoms with Gasteiger partial charge < -0.3 is 29.2 Å². The van der Waals surface area contributed by atoms with E-state index in [1.807, 2.05) is 31.3 Å². The van der Waals surface area contributed by atoms with Crippen molar-refractivity contribution in [2.45, 2.75) is 31.5 Å². The lowest BCUT2D eigenvalue weighted by Crippen LogP contribution is -2.36. The molecule has 0 saturated heterocycles. The molecule has 178 valence electrons. The van der Waals surface area contributed by atoms with E-state index in [0.29, 0.717) is 18.9 Å². The number of fused-ring (bicyclic) bond motifs is 5. The van der Waals surface area contributed by atoms with Gasteiger partial charge in [0.25, 0.3) is 0 Å². The molecule has 0 bridgehead atoms. The van der Waals surface area contributed by atoms with Crippen LogP contribution in [-0.4, -0.2) is 44.3 Å². The van der Waals surface area contributed by atoms with Crippen molar-refractivity contribution in [3.8, 4) is 39.9 Å². The Balaban J connectivity index is 1.62. The lowest BCUT2D eigenvalue weighted by Gasteiger charge is -2.37. The number of benzene rings is 3. The Morgan fingerprint density at radius 2 is 1.79 bits per heavy atom. The lowest BCUT2D eigenvalue weighted by atomic mass is 9.80. The predicted octanol–water partition coefficient (Wildman–Crippen LogP) is 4.12. The quantitative estimate of drug-likeness (QED) is 0.474. The first-order valence-electron chi connectivity index (χ1n) is 11.4. The van der Waals surface area contributed by atoms with E-state index in [9.17, 15) is 10.2 Å². The van der Waals surface area contributed by atoms with E-state index >= 15 is 0 Å². The number of hydrogen-bond acceptors (Lipinski definition) is 7. The van der Waals surface area contributed by atoms with Gasteiger partial charge >= 0.3 is 0 Å². The summed E-state index contributed by atoms with van der Waals surface area (Å²) in [6, 6.07) is 12.7. The maximum atomic E-state index is 10.1. The molecule has 2 atom stereocenters. The molecule has 0 saturated carbocycles. The van der Waals surface area contributed by atoms with Crippen molar-refractivity contribution >= 4 is 0 Å². The second-order valence-corrected chi connectivity index (χ2v) is 8.63. The van der Waals surface area contributed by atoms with Crippen molar-refractivity contribution in [3.63, 3.8) is 0 Å². The normalized spacial score (nSPS) is 18.3. The van der Waals surface area contributed by atoms with Crippen molar-refractivity contribution in [3.05, 3.63) is 64.7 Å². The minimum absolute atomic E-state index is 0.0793. The van der Waals surface area contributed by atoms with E-state index in [0.717, 1.165) is 52.2 Å². The molecule has 0 spiro atoms. The number of ether oxygens (including phenoxy) is 4. The molecule has 7 heteroatoms. The zero-order chi connectivity index (χ0) is 23.8. The summed E-state index contributed by atoms with van der Waals surface area (Å²) in [5.41, 5.74) is 6.43. The molecular weight excluding hydrogens is 434 g/mol. The van der Waals surface area contributed by atoms with Gasteiger partial charge in [0.15, 0.2) is 17.6 Å². The van der Waals surface area contributed by atoms with E-state index in [-0.39, 0.29) is 23.7 Å². The number of aryl methyl sites for hydroxylation is 1. The van der Waals surface area contributed by atoms with Crippen molar-refractivity contribution in [2.75, 3.05) is 28.0 Å². The van der Waals surface area contributed by atoms with Gasteiger partial charge in [0.05, 0.1) is 21.0 Å². The molecule has 2 unspecified atom stereocenters. The number of nitrogens with one attached hydrogen (secondary N) is 1. The SMILES string of the molecule is CNCOC1Cc2c(cc(OC)c3c2CCc2cc(O)ccc2-3)OC1c1ccc(O)c(OC)c1. The Kier molecular flexibility index (Phi) is 5.98. The fraction of sp³-hybridized carbons (Fsp3) is 0.333. The number of rotatable bonds is 6. The molecule has 34 heavy (non-hydrogen) atoms. The van der Waals surface area contributed by atoms with Gasteiger partial charge in [0.1, 0.15) is 23.4 Å². The van der Waals surface area contributed by atoms with Crippen LogP contribution in [0.25, 0.3) is 11.1 Å². The zero-order valence-electron chi connectivity index (χ0n) is 19.6. The maximum absolute atomic E-state index is 10.1. The molecule has 3 N–H and O–H groups in total. The summed E-state index contributed by atoms with van der Waals surface area (Å²) in [6.45, 7) is 0.384. The fourth-order valence-corrected chi connectivity index (χ4v) is 5.09. The van der Waals surface area contributed by atoms with Crippen molar-refractivity contribution in [2.24, 2.45) is 0 Å². The lowest BCUT2D eigenvalue weighted by molar-refractivity contribution is -0.0428. The third-order valence-electron chi connectivity index (χ3n) is 6.67. The van der Waals surface area contributed by atoms with Crippen LogP contribution in [0.4, 0.5) is 0 Å². The highest BCUT2D eigenvalue weighted by Gasteiger charge is 2.36. The van der Waals surface area contributed by atoms with Crippen molar-refractivity contribution < 1.29 is 29.2 Å². The van der Waals surface area contributed by atoms with Crippen molar-refractivity contribution in [1.29, 1.82) is 0 Å². The molecule has 0 radical (unpaired) electrons. The zero-order valence-corrected chi connectivity index (χ0v) is 19.6. The standard InChI is InChI=1S/C27H29NO6/c1-28-14-33-25-12-20-19-7-4-15-10-17(29)6-8-18(15)26(19)24(32-3)13-22(20)34-27(25)16-5-9-21(30)23(11-16)31-2/h5-6,8-11,13,25,27-30H,4,7,12,14H2,1-3H3. The summed E-state index contributed by atoms with van der Waals surface area (Å²) in [5, 5.41) is 23.1. The molecule has 1 aliphatic heterocycles. The number of hydrogen-bond donors (Lipinski definition) is 3. The number of phenols is 2. The maximum Gasteiger partial charge on any atom is 0.160 e. The second-order valence-electron chi connectivity index (χ2n) is 8.63. The number of aromatic hydroxyl groups is 2. The van der Waals surface area contributed by atoms with Gasteiger partial charge in [-0.05, 0) is 66.4 Å². The molecule has 0 fully saturated rings. The Labute approximate surface area is 198 Å². The molecule has 0 aromatic heterocycles. The highest BCUT2D eigenvalue weighted by molar-refractivity contribution is 5.82. The average molecular weight is 464 g/mol. The monoisotopic (exact) mass is 463 g/mol. The van der Waals surface area contributed by atoms with Crippen LogP contribution in [0.5, 0.6) is 28.7 Å². The molecule has 2 aliphatic rings. The average Bonchev–Trinajstić information content (AvgIpc) is 2.86. The third-order valence-corrected chi connectivity index (χ3v) is 6.67. The van der Waals surface area contributed by atoms with E-state index in [1.165, 1.54) is 12.7 Å². The van der Waals surface area contributed by atoms with Crippen LogP contribution in [0.15, 0.2) is 42.5 Å². The van der Waals surface area contributed by atoms with E-state index in [2.05, 4.69) is 5.32 Å². The summed E-state index contributed by atoms with van der Waals surface area (Å²) < 4.78 is 23.9. The first kappa shape index (κ1) is 22.4. The largest absolute Gasteiger partial charge is 0.508 e. The van der Waals surface area contributed by atoms with Gasteiger partial charge in [-0.3, -0.25) is 5.32 Å². The van der Waals surface area contributed by atoms with Crippen LogP contribution >= 0.6 is 0 Å². The van der Waals surface area contributed by atoms with Crippen molar-refractivity contribution in [1.82, 2.24) is 5.32 Å². The van der Waals surface area contributed by atoms with E-state index in [1.54, 1.807) is 25.3 Å². The number of phenolic OH excluding ortho intramolecular Hbond substituents is 2. The number of methoxy groups -OCH3 is 2.